The molecule has 1 N–H and O–H groups in total. The van der Waals surface area contributed by atoms with Gasteiger partial charge in [-0.05, 0) is 25.1 Å². The van der Waals surface area contributed by atoms with Crippen molar-refractivity contribution >= 4 is 16.0 Å². The van der Waals surface area contributed by atoms with E-state index in [4.69, 9.17) is 4.74 Å². The third-order valence-electron chi connectivity index (χ3n) is 2.60. The molecule has 0 saturated heterocycles. The Morgan fingerprint density at radius 1 is 1.40 bits per heavy atom. The molecule has 112 valence electrons. The lowest BCUT2D eigenvalue weighted by atomic mass is 10.2. The Morgan fingerprint density at radius 3 is 2.60 bits per heavy atom. The third-order valence-corrected chi connectivity index (χ3v) is 4.07. The minimum atomic E-state index is -4.04. The number of carbonyl (C=O) groups excluding carboxylic acids is 1. The Hall–Kier alpha value is -1.51. The van der Waals surface area contributed by atoms with Crippen LogP contribution in [0.3, 0.4) is 0 Å². The van der Waals surface area contributed by atoms with Gasteiger partial charge in [0.05, 0.1) is 23.7 Å². The maximum absolute atomic E-state index is 13.2. The van der Waals surface area contributed by atoms with Crippen LogP contribution in [-0.4, -0.2) is 41.3 Å². The van der Waals surface area contributed by atoms with Gasteiger partial charge in [0.25, 0.3) is 0 Å². The van der Waals surface area contributed by atoms with Crippen LogP contribution in [0.15, 0.2) is 23.1 Å². The molecule has 0 fully saturated rings. The Balaban J connectivity index is 3.16. The van der Waals surface area contributed by atoms with E-state index in [2.05, 4.69) is 9.46 Å². The summed E-state index contributed by atoms with van der Waals surface area (Å²) in [7, 11) is -1.50. The van der Waals surface area contributed by atoms with Crippen LogP contribution in [0.4, 0.5) is 4.39 Å². The van der Waals surface area contributed by atoms with Gasteiger partial charge in [-0.2, -0.15) is 0 Å². The largest absolute Gasteiger partial charge is 0.465 e. The number of halogens is 1. The maximum Gasteiger partial charge on any atom is 0.339 e. The monoisotopic (exact) mass is 305 g/mol. The highest BCUT2D eigenvalue weighted by atomic mass is 32.2. The Bertz CT molecular complexity index is 588. The van der Waals surface area contributed by atoms with Gasteiger partial charge in [0, 0.05) is 13.7 Å². The molecule has 0 heterocycles. The van der Waals surface area contributed by atoms with Gasteiger partial charge in [0.1, 0.15) is 5.82 Å². The normalized spacial score (nSPS) is 13.0. The van der Waals surface area contributed by atoms with Crippen LogP contribution in [0.1, 0.15) is 17.3 Å². The van der Waals surface area contributed by atoms with E-state index in [1.807, 2.05) is 0 Å². The van der Waals surface area contributed by atoms with Gasteiger partial charge in [0.2, 0.25) is 10.0 Å². The fourth-order valence-electron chi connectivity index (χ4n) is 1.39. The molecule has 1 aromatic carbocycles. The second kappa shape index (κ2) is 6.78. The van der Waals surface area contributed by atoms with Crippen LogP contribution in [0, 0.1) is 5.82 Å². The first-order valence-electron chi connectivity index (χ1n) is 5.72. The molecule has 8 heteroatoms. The molecular formula is C12H16FNO5S. The number of nitrogens with one attached hydrogen (secondary N) is 1. The zero-order chi connectivity index (χ0) is 15.3. The van der Waals surface area contributed by atoms with Crippen LogP contribution < -0.4 is 4.72 Å². The van der Waals surface area contributed by atoms with E-state index in [1.54, 1.807) is 6.92 Å². The van der Waals surface area contributed by atoms with Crippen molar-refractivity contribution < 1.29 is 27.1 Å². The first kappa shape index (κ1) is 16.5. The smallest absolute Gasteiger partial charge is 0.339 e. The number of hydrogen-bond acceptors (Lipinski definition) is 5. The van der Waals surface area contributed by atoms with Crippen LogP contribution in [-0.2, 0) is 19.5 Å². The Labute approximate surface area is 116 Å². The van der Waals surface area contributed by atoms with Crippen molar-refractivity contribution in [2.24, 2.45) is 0 Å². The van der Waals surface area contributed by atoms with Crippen molar-refractivity contribution in [1.29, 1.82) is 0 Å². The molecule has 0 aliphatic rings. The molecule has 0 aliphatic carbocycles. The predicted molar refractivity (Wildman–Crippen MR) is 69.4 cm³/mol. The van der Waals surface area contributed by atoms with Gasteiger partial charge in [-0.25, -0.2) is 22.3 Å². The summed E-state index contributed by atoms with van der Waals surface area (Å²) in [5, 5.41) is 0. The van der Waals surface area contributed by atoms with Crippen molar-refractivity contribution in [2.75, 3.05) is 20.8 Å². The van der Waals surface area contributed by atoms with Gasteiger partial charge in [-0.3, -0.25) is 0 Å². The van der Waals surface area contributed by atoms with Crippen molar-refractivity contribution in [3.05, 3.63) is 29.6 Å². The third kappa shape index (κ3) is 3.99. The molecule has 0 aliphatic heterocycles. The average molecular weight is 305 g/mol. The van der Waals surface area contributed by atoms with Crippen molar-refractivity contribution in [3.63, 3.8) is 0 Å². The van der Waals surface area contributed by atoms with Gasteiger partial charge < -0.3 is 9.47 Å². The minimum Gasteiger partial charge on any atom is -0.465 e. The lowest BCUT2D eigenvalue weighted by Crippen LogP contribution is -2.32. The number of carbonyl (C=O) groups is 1. The first-order valence-corrected chi connectivity index (χ1v) is 7.20. The molecule has 1 atom stereocenters. The topological polar surface area (TPSA) is 81.7 Å². The summed E-state index contributed by atoms with van der Waals surface area (Å²) in [5.74, 6) is -1.62. The number of esters is 1. The van der Waals surface area contributed by atoms with E-state index < -0.39 is 26.7 Å². The van der Waals surface area contributed by atoms with Crippen molar-refractivity contribution in [1.82, 2.24) is 4.72 Å². The molecule has 1 aromatic rings. The van der Waals surface area contributed by atoms with Crippen LogP contribution in [0.2, 0.25) is 0 Å². The standard InChI is InChI=1S/C12H16FNO5S/c1-8(18-2)7-14-20(16,17)11-6-9(13)4-5-10(11)12(15)19-3/h4-6,8,14H,7H2,1-3H3. The molecule has 0 bridgehead atoms. The van der Waals surface area contributed by atoms with Crippen molar-refractivity contribution in [2.45, 2.75) is 17.9 Å². The number of sulfonamides is 1. The average Bonchev–Trinajstić information content (AvgIpc) is 2.43. The second-order valence-electron chi connectivity index (χ2n) is 4.03. The first-order chi connectivity index (χ1) is 9.31. The lowest BCUT2D eigenvalue weighted by Gasteiger charge is -2.13. The maximum atomic E-state index is 13.2. The SMILES string of the molecule is COC(=O)c1ccc(F)cc1S(=O)(=O)NCC(C)OC. The summed E-state index contributed by atoms with van der Waals surface area (Å²) in [6, 6.07) is 2.82. The molecule has 0 aromatic heterocycles. The molecule has 0 amide bonds. The van der Waals surface area contributed by atoms with E-state index in [9.17, 15) is 17.6 Å². The molecule has 0 radical (unpaired) electrons. The van der Waals surface area contributed by atoms with E-state index in [0.717, 1.165) is 25.3 Å². The summed E-state index contributed by atoms with van der Waals surface area (Å²) in [4.78, 5) is 11.1. The number of benzene rings is 1. The van der Waals surface area contributed by atoms with E-state index in [1.165, 1.54) is 7.11 Å². The number of rotatable bonds is 6. The summed E-state index contributed by atoms with van der Waals surface area (Å²) >= 11 is 0. The summed E-state index contributed by atoms with van der Waals surface area (Å²) < 4.78 is 49.1. The quantitative estimate of drug-likeness (QED) is 0.791. The highest BCUT2D eigenvalue weighted by Crippen LogP contribution is 2.18. The number of hydrogen-bond donors (Lipinski definition) is 1. The van der Waals surface area contributed by atoms with E-state index in [0.29, 0.717) is 0 Å². The summed E-state index contributed by atoms with van der Waals surface area (Å²) in [6.45, 7) is 1.66. The van der Waals surface area contributed by atoms with Crippen LogP contribution in [0.5, 0.6) is 0 Å². The zero-order valence-corrected chi connectivity index (χ0v) is 12.2. The van der Waals surface area contributed by atoms with Gasteiger partial charge in [-0.15, -0.1) is 0 Å². The van der Waals surface area contributed by atoms with Gasteiger partial charge in [-0.1, -0.05) is 0 Å². The Morgan fingerprint density at radius 2 is 2.05 bits per heavy atom. The molecule has 1 unspecified atom stereocenters. The predicted octanol–water partition coefficient (Wildman–Crippen LogP) is 0.925. The summed E-state index contributed by atoms with van der Waals surface area (Å²) in [6.07, 6.45) is -0.361. The molecule has 6 nitrogen and oxygen atoms in total. The molecular weight excluding hydrogens is 289 g/mol. The highest BCUT2D eigenvalue weighted by Gasteiger charge is 2.24. The molecule has 1 rings (SSSR count). The zero-order valence-electron chi connectivity index (χ0n) is 11.3. The van der Waals surface area contributed by atoms with Gasteiger partial charge >= 0.3 is 5.97 Å². The van der Waals surface area contributed by atoms with E-state index >= 15 is 0 Å². The van der Waals surface area contributed by atoms with E-state index in [-0.39, 0.29) is 18.2 Å². The van der Waals surface area contributed by atoms with Crippen LogP contribution in [0.25, 0.3) is 0 Å². The second-order valence-corrected chi connectivity index (χ2v) is 5.77. The summed E-state index contributed by atoms with van der Waals surface area (Å²) in [5.41, 5.74) is -0.230. The van der Waals surface area contributed by atoms with Crippen molar-refractivity contribution in [3.8, 4) is 0 Å². The molecule has 0 spiro atoms. The minimum absolute atomic E-state index is 0.00401. The number of ether oxygens (including phenoxy) is 2. The van der Waals surface area contributed by atoms with Crippen LogP contribution >= 0.6 is 0 Å². The molecule has 0 saturated carbocycles. The number of methoxy groups -OCH3 is 2. The Kier molecular flexibility index (Phi) is 5.61. The fraction of sp³-hybridized carbons (Fsp3) is 0.417. The lowest BCUT2D eigenvalue weighted by molar-refractivity contribution is 0.0596. The van der Waals surface area contributed by atoms with Gasteiger partial charge in [0.15, 0.2) is 0 Å². The fourth-order valence-corrected chi connectivity index (χ4v) is 2.70. The highest BCUT2D eigenvalue weighted by molar-refractivity contribution is 7.89. The molecule has 20 heavy (non-hydrogen) atoms.